The van der Waals surface area contributed by atoms with Gasteiger partial charge in [0.1, 0.15) is 16.7 Å². The van der Waals surface area contributed by atoms with Crippen molar-refractivity contribution in [3.8, 4) is 5.75 Å². The third-order valence-electron chi connectivity index (χ3n) is 4.69. The lowest BCUT2D eigenvalue weighted by atomic mass is 10.1. The number of benzene rings is 2. The van der Waals surface area contributed by atoms with Gasteiger partial charge in [0.25, 0.3) is 0 Å². The first-order valence-electron chi connectivity index (χ1n) is 9.76. The summed E-state index contributed by atoms with van der Waals surface area (Å²) in [6, 6.07) is 16.7. The Labute approximate surface area is 182 Å². The number of rotatable bonds is 9. The normalized spacial score (nSPS) is 12.2. The van der Waals surface area contributed by atoms with Crippen LogP contribution >= 0.6 is 0 Å². The van der Waals surface area contributed by atoms with Crippen LogP contribution in [0.5, 0.6) is 5.75 Å². The number of ether oxygens (including phenoxy) is 1. The molecule has 0 aliphatic heterocycles. The molecule has 162 valence electrons. The Balaban J connectivity index is 1.85. The molecule has 2 N–H and O–H groups in total. The smallest absolute Gasteiger partial charge is 0.244 e. The fourth-order valence-electron chi connectivity index (χ4n) is 3.10. The number of sulfonamides is 1. The van der Waals surface area contributed by atoms with E-state index in [1.165, 1.54) is 13.2 Å². The van der Waals surface area contributed by atoms with Gasteiger partial charge in [0.2, 0.25) is 15.9 Å². The van der Waals surface area contributed by atoms with Crippen LogP contribution in [0.3, 0.4) is 0 Å². The van der Waals surface area contributed by atoms with Crippen molar-refractivity contribution in [1.29, 1.82) is 0 Å². The van der Waals surface area contributed by atoms with Crippen LogP contribution in [0.1, 0.15) is 16.7 Å². The van der Waals surface area contributed by atoms with E-state index >= 15 is 0 Å². The number of amides is 1. The van der Waals surface area contributed by atoms with Crippen LogP contribution in [0.4, 0.5) is 0 Å². The highest BCUT2D eigenvalue weighted by atomic mass is 32.2. The molecule has 0 saturated heterocycles. The molecular weight excluding hydrogens is 414 g/mol. The number of nitrogens with zero attached hydrogens (tertiary/aromatic N) is 1. The molecule has 2 aromatic carbocycles. The van der Waals surface area contributed by atoms with Gasteiger partial charge in [-0.2, -0.15) is 4.72 Å². The van der Waals surface area contributed by atoms with E-state index in [0.717, 1.165) is 16.7 Å². The quantitative estimate of drug-likeness (QED) is 0.534. The number of hydrogen-bond donors (Lipinski definition) is 2. The Bertz CT molecular complexity index is 1120. The van der Waals surface area contributed by atoms with Crippen molar-refractivity contribution < 1.29 is 17.9 Å². The van der Waals surface area contributed by atoms with Crippen LogP contribution < -0.4 is 14.8 Å². The number of carbonyl (C=O) groups is 1. The molecule has 1 amide bonds. The largest absolute Gasteiger partial charge is 0.495 e. The summed E-state index contributed by atoms with van der Waals surface area (Å²) in [5.74, 6) is -0.213. The third-order valence-corrected chi connectivity index (χ3v) is 6.19. The molecule has 7 nitrogen and oxygen atoms in total. The second-order valence-corrected chi connectivity index (χ2v) is 8.78. The standard InChI is InChI=1S/C23H25N3O4S/c1-17-10-11-21(30-2)22(13-17)31(28,29)26-20(14-18-7-4-3-5-8-18)23(27)25-16-19-9-6-12-24-15-19/h3-13,15,20,26H,14,16H2,1-2H3,(H,25,27). The molecule has 3 rings (SSSR count). The SMILES string of the molecule is COc1ccc(C)cc1S(=O)(=O)NC(Cc1ccccc1)C(=O)NCc1cccnc1. The van der Waals surface area contributed by atoms with Crippen molar-refractivity contribution in [3.05, 3.63) is 89.7 Å². The number of hydrogen-bond acceptors (Lipinski definition) is 5. The van der Waals surface area contributed by atoms with E-state index in [2.05, 4.69) is 15.0 Å². The highest BCUT2D eigenvalue weighted by Gasteiger charge is 2.28. The number of pyridine rings is 1. The molecule has 31 heavy (non-hydrogen) atoms. The summed E-state index contributed by atoms with van der Waals surface area (Å²) in [5.41, 5.74) is 2.42. The van der Waals surface area contributed by atoms with Gasteiger partial charge in [-0.3, -0.25) is 9.78 Å². The van der Waals surface area contributed by atoms with Gasteiger partial charge in [0, 0.05) is 18.9 Å². The molecule has 1 atom stereocenters. The predicted octanol–water partition coefficient (Wildman–Crippen LogP) is 2.60. The van der Waals surface area contributed by atoms with E-state index < -0.39 is 22.0 Å². The number of methoxy groups -OCH3 is 1. The van der Waals surface area contributed by atoms with Gasteiger partial charge in [-0.1, -0.05) is 42.5 Å². The molecule has 0 aliphatic rings. The summed E-state index contributed by atoms with van der Waals surface area (Å²) < 4.78 is 34.1. The number of nitrogens with one attached hydrogen (secondary N) is 2. The molecule has 0 saturated carbocycles. The van der Waals surface area contributed by atoms with Crippen LogP contribution in [0.25, 0.3) is 0 Å². The maximum absolute atomic E-state index is 13.2. The summed E-state index contributed by atoms with van der Waals surface area (Å²) in [7, 11) is -2.61. The Morgan fingerprint density at radius 3 is 2.48 bits per heavy atom. The van der Waals surface area contributed by atoms with Gasteiger partial charge in [0.15, 0.2) is 0 Å². The van der Waals surface area contributed by atoms with Gasteiger partial charge in [-0.05, 0) is 48.2 Å². The molecule has 0 fully saturated rings. The highest BCUT2D eigenvalue weighted by molar-refractivity contribution is 7.89. The Morgan fingerprint density at radius 2 is 1.81 bits per heavy atom. The zero-order chi connectivity index (χ0) is 22.3. The summed E-state index contributed by atoms with van der Waals surface area (Å²) in [6.45, 7) is 2.04. The Hall–Kier alpha value is -3.23. The van der Waals surface area contributed by atoms with Crippen molar-refractivity contribution in [1.82, 2.24) is 15.0 Å². The second kappa shape index (κ2) is 10.2. The Kier molecular flexibility index (Phi) is 7.38. The first-order valence-corrected chi connectivity index (χ1v) is 11.2. The topological polar surface area (TPSA) is 97.4 Å². The fourth-order valence-corrected chi connectivity index (χ4v) is 4.55. The number of carbonyl (C=O) groups excluding carboxylic acids is 1. The zero-order valence-electron chi connectivity index (χ0n) is 17.4. The van der Waals surface area contributed by atoms with E-state index in [9.17, 15) is 13.2 Å². The molecule has 8 heteroatoms. The average molecular weight is 440 g/mol. The maximum atomic E-state index is 13.2. The maximum Gasteiger partial charge on any atom is 0.244 e. The molecule has 0 radical (unpaired) electrons. The molecule has 1 unspecified atom stereocenters. The lowest BCUT2D eigenvalue weighted by molar-refractivity contribution is -0.122. The van der Waals surface area contributed by atoms with E-state index in [4.69, 9.17) is 4.74 Å². The third kappa shape index (κ3) is 6.13. The van der Waals surface area contributed by atoms with Crippen LogP contribution in [0.2, 0.25) is 0 Å². The van der Waals surface area contributed by atoms with Gasteiger partial charge >= 0.3 is 0 Å². The van der Waals surface area contributed by atoms with Crippen LogP contribution in [-0.4, -0.2) is 32.5 Å². The van der Waals surface area contributed by atoms with E-state index in [1.807, 2.05) is 36.4 Å². The first kappa shape index (κ1) is 22.5. The van der Waals surface area contributed by atoms with Gasteiger partial charge < -0.3 is 10.1 Å². The van der Waals surface area contributed by atoms with E-state index in [-0.39, 0.29) is 23.6 Å². The van der Waals surface area contributed by atoms with Crippen LogP contribution in [0, 0.1) is 6.92 Å². The van der Waals surface area contributed by atoms with Crippen molar-refractivity contribution >= 4 is 15.9 Å². The minimum atomic E-state index is -4.02. The van der Waals surface area contributed by atoms with Crippen LogP contribution in [0.15, 0.2) is 78.0 Å². The first-order chi connectivity index (χ1) is 14.9. The Morgan fingerprint density at radius 1 is 1.06 bits per heavy atom. The number of aromatic nitrogens is 1. The monoisotopic (exact) mass is 439 g/mol. The van der Waals surface area contributed by atoms with Crippen molar-refractivity contribution in [3.63, 3.8) is 0 Å². The molecule has 1 aromatic heterocycles. The molecule has 0 bridgehead atoms. The van der Waals surface area contributed by atoms with Gasteiger partial charge in [0.05, 0.1) is 7.11 Å². The van der Waals surface area contributed by atoms with Crippen molar-refractivity contribution in [2.45, 2.75) is 30.8 Å². The lowest BCUT2D eigenvalue weighted by Crippen LogP contribution is -2.47. The fraction of sp³-hybridized carbons (Fsp3) is 0.217. The highest BCUT2D eigenvalue weighted by Crippen LogP contribution is 2.25. The minimum absolute atomic E-state index is 0.00637. The van der Waals surface area contributed by atoms with Crippen molar-refractivity contribution in [2.24, 2.45) is 0 Å². The van der Waals surface area contributed by atoms with Crippen molar-refractivity contribution in [2.75, 3.05) is 7.11 Å². The number of aryl methyl sites for hydroxylation is 1. The predicted molar refractivity (Wildman–Crippen MR) is 118 cm³/mol. The lowest BCUT2D eigenvalue weighted by Gasteiger charge is -2.20. The summed E-state index contributed by atoms with van der Waals surface area (Å²) in [6.07, 6.45) is 3.49. The minimum Gasteiger partial charge on any atom is -0.495 e. The van der Waals surface area contributed by atoms with Gasteiger partial charge in [-0.15, -0.1) is 0 Å². The molecular formula is C23H25N3O4S. The summed E-state index contributed by atoms with van der Waals surface area (Å²) in [5, 5.41) is 2.80. The zero-order valence-corrected chi connectivity index (χ0v) is 18.2. The summed E-state index contributed by atoms with van der Waals surface area (Å²) >= 11 is 0. The second-order valence-electron chi connectivity index (χ2n) is 7.10. The van der Waals surface area contributed by atoms with Crippen LogP contribution in [-0.2, 0) is 27.8 Å². The molecule has 0 spiro atoms. The average Bonchev–Trinajstić information content (AvgIpc) is 2.78. The molecule has 1 heterocycles. The van der Waals surface area contributed by atoms with E-state index in [0.29, 0.717) is 0 Å². The molecule has 0 aliphatic carbocycles. The summed E-state index contributed by atoms with van der Waals surface area (Å²) in [4.78, 5) is 17.0. The van der Waals surface area contributed by atoms with E-state index in [1.54, 1.807) is 37.5 Å². The van der Waals surface area contributed by atoms with Gasteiger partial charge in [-0.25, -0.2) is 8.42 Å². The molecule has 3 aromatic rings.